The van der Waals surface area contributed by atoms with Crippen molar-refractivity contribution in [2.24, 2.45) is 5.41 Å². The number of carbonyl (C=O) groups excluding carboxylic acids is 1. The first kappa shape index (κ1) is 20.5. The third-order valence-corrected chi connectivity index (χ3v) is 5.47. The lowest BCUT2D eigenvalue weighted by Gasteiger charge is -2.35. The summed E-state index contributed by atoms with van der Waals surface area (Å²) in [7, 11) is 0. The Hall–Kier alpha value is -3.22. The maximum atomic E-state index is 10.7. The van der Waals surface area contributed by atoms with Gasteiger partial charge in [-0.3, -0.25) is 4.79 Å². The molecule has 0 atom stereocenters. The molecule has 3 N–H and O–H groups in total. The van der Waals surface area contributed by atoms with Gasteiger partial charge in [0.05, 0.1) is 5.52 Å². The highest BCUT2D eigenvalue weighted by Crippen LogP contribution is 2.40. The monoisotopic (exact) mass is 396 g/mol. The molecule has 1 aliphatic carbocycles. The Morgan fingerprint density at radius 2 is 2.07 bits per heavy atom. The van der Waals surface area contributed by atoms with Gasteiger partial charge < -0.3 is 10.7 Å². The van der Waals surface area contributed by atoms with Gasteiger partial charge in [-0.25, -0.2) is 9.50 Å². The van der Waals surface area contributed by atoms with Gasteiger partial charge in [-0.05, 0) is 43.5 Å². The number of pyridine rings is 1. The fraction of sp³-hybridized carbons (Fsp3) is 0.364. The van der Waals surface area contributed by atoms with Crippen LogP contribution in [0, 0.1) is 5.41 Å². The van der Waals surface area contributed by atoms with E-state index in [2.05, 4.69) is 33.0 Å². The van der Waals surface area contributed by atoms with Crippen LogP contribution in [-0.2, 0) is 4.79 Å². The third-order valence-electron chi connectivity index (χ3n) is 5.47. The molecule has 1 fully saturated rings. The lowest BCUT2D eigenvalue weighted by atomic mass is 9.68. The van der Waals surface area contributed by atoms with Gasteiger partial charge in [0.1, 0.15) is 11.4 Å². The van der Waals surface area contributed by atoms with E-state index in [-0.39, 0.29) is 14.2 Å². The lowest BCUT2D eigenvalue weighted by molar-refractivity contribution is -0.129. The molecule has 0 aromatic carbocycles. The molecule has 4 aromatic heterocycles. The Labute approximate surface area is 173 Å². The van der Waals surface area contributed by atoms with E-state index in [1.807, 2.05) is 42.9 Å². The summed E-state index contributed by atoms with van der Waals surface area (Å²) in [4.78, 5) is 22.1. The van der Waals surface area contributed by atoms with E-state index in [0.717, 1.165) is 40.5 Å². The molecule has 5 rings (SSSR count). The van der Waals surface area contributed by atoms with Crippen molar-refractivity contribution in [1.29, 1.82) is 0 Å². The second kappa shape index (κ2) is 8.43. The summed E-state index contributed by atoms with van der Waals surface area (Å²) >= 11 is 0. The van der Waals surface area contributed by atoms with E-state index in [1.54, 1.807) is 19.3 Å². The third kappa shape index (κ3) is 4.13. The molecule has 0 amide bonds. The van der Waals surface area contributed by atoms with Crippen LogP contribution in [-0.4, -0.2) is 30.3 Å². The number of ketones is 1. The zero-order valence-corrected chi connectivity index (χ0v) is 17.4. The Morgan fingerprint density at radius 1 is 1.31 bits per heavy atom. The number of rotatable bonds is 2. The second-order valence-electron chi connectivity index (χ2n) is 7.28. The highest BCUT2D eigenvalue weighted by atomic mass is 16.1. The van der Waals surface area contributed by atoms with Crippen LogP contribution in [0.3, 0.4) is 0 Å². The molecule has 0 unspecified atom stereocenters. The van der Waals surface area contributed by atoms with Crippen molar-refractivity contribution < 1.29 is 7.65 Å². The average molecular weight is 397 g/mol. The fourth-order valence-corrected chi connectivity index (χ4v) is 3.31. The van der Waals surface area contributed by atoms with Crippen LogP contribution in [0.4, 0.5) is 5.95 Å². The number of anilines is 1. The molecule has 0 bridgehead atoms. The fourth-order valence-electron chi connectivity index (χ4n) is 3.31. The number of nitrogens with zero attached hydrogens (tertiary/aromatic N) is 4. The normalized spacial score (nSPS) is 14.3. The molecule has 4 aromatic rings. The number of nitrogens with one attached hydrogen (secondary N) is 1. The predicted octanol–water partition coefficient (Wildman–Crippen LogP) is 5.14. The summed E-state index contributed by atoms with van der Waals surface area (Å²) in [6.45, 7) is 7.75. The minimum atomic E-state index is 0. The van der Waals surface area contributed by atoms with Crippen LogP contribution in [0.2, 0.25) is 0 Å². The first-order chi connectivity index (χ1) is 14.0. The van der Waals surface area contributed by atoms with Gasteiger partial charge in [0.25, 0.3) is 0 Å². The van der Waals surface area contributed by atoms with E-state index in [4.69, 9.17) is 5.73 Å². The van der Waals surface area contributed by atoms with Gasteiger partial charge in [-0.15, -0.1) is 0 Å². The number of aromatic nitrogens is 5. The van der Waals surface area contributed by atoms with Crippen molar-refractivity contribution in [3.05, 3.63) is 43.0 Å². The number of nitrogen functional groups attached to an aromatic ring is 1. The summed E-state index contributed by atoms with van der Waals surface area (Å²) in [6, 6.07) is 6.05. The topological polar surface area (TPSA) is 102 Å². The molecule has 156 valence electrons. The molecule has 1 saturated carbocycles. The summed E-state index contributed by atoms with van der Waals surface area (Å²) < 4.78 is 1.83. The number of hydrogen-bond acceptors (Lipinski definition) is 5. The number of Topliss-reactive ketones (excluding diaryl/α,β-unsaturated/α-hetero) is 1. The molecule has 0 spiro atoms. The maximum absolute atomic E-state index is 10.7. The molecular formula is C22H32N6O. The quantitative estimate of drug-likeness (QED) is 0.488. The van der Waals surface area contributed by atoms with Crippen LogP contribution >= 0.6 is 0 Å². The molecule has 0 aliphatic heterocycles. The van der Waals surface area contributed by atoms with Gasteiger partial charge in [0.2, 0.25) is 5.95 Å². The molecule has 7 heteroatoms. The first-order valence-electron chi connectivity index (χ1n) is 10.0. The smallest absolute Gasteiger partial charge is 0.221 e. The van der Waals surface area contributed by atoms with Crippen LogP contribution < -0.4 is 5.73 Å². The zero-order chi connectivity index (χ0) is 21.0. The van der Waals surface area contributed by atoms with Gasteiger partial charge in [-0.2, -0.15) is 10.1 Å². The van der Waals surface area contributed by atoms with Crippen molar-refractivity contribution in [3.8, 4) is 11.1 Å². The van der Waals surface area contributed by atoms with Crippen LogP contribution in [0.25, 0.3) is 27.7 Å². The average Bonchev–Trinajstić information content (AvgIpc) is 3.33. The second-order valence-corrected chi connectivity index (χ2v) is 7.28. The SMILES string of the molecule is CC.CC(=O)C1(C)CCC1.Nc1ncc2c(-c3ccn4nccc4c3)c[nH]c2n1.[HH].[HH]. The Bertz CT molecular complexity index is 1130. The molecule has 7 nitrogen and oxygen atoms in total. The minimum absolute atomic E-state index is 0. The van der Waals surface area contributed by atoms with Crippen molar-refractivity contribution >= 4 is 28.3 Å². The van der Waals surface area contributed by atoms with E-state index < -0.39 is 0 Å². The first-order valence-corrected chi connectivity index (χ1v) is 10.0. The molecule has 29 heavy (non-hydrogen) atoms. The summed E-state index contributed by atoms with van der Waals surface area (Å²) in [6.07, 6.45) is 10.8. The number of hydrogen-bond donors (Lipinski definition) is 2. The summed E-state index contributed by atoms with van der Waals surface area (Å²) in [5.74, 6) is 0.635. The standard InChI is InChI=1S/C13H10N6.C7H12O.C2H6.2H2/c14-13-16-7-11-10(6-15-12(11)18-13)8-2-4-19-9(5-8)1-3-17-19;1-6(8)7(2)4-3-5-7;1-2;;/h1-7H,(H3,14,15,16,18);3-5H2,1-2H3;1-2H3;2*1H. The number of nitrogens with two attached hydrogens (primary N) is 1. The summed E-state index contributed by atoms with van der Waals surface area (Å²) in [5, 5.41) is 5.14. The zero-order valence-electron chi connectivity index (χ0n) is 17.4. The van der Waals surface area contributed by atoms with Gasteiger partial charge in [0.15, 0.2) is 0 Å². The predicted molar refractivity (Wildman–Crippen MR) is 121 cm³/mol. The van der Waals surface area contributed by atoms with Crippen LogP contribution in [0.1, 0.15) is 49.8 Å². The molecule has 4 heterocycles. The minimum Gasteiger partial charge on any atom is -0.368 e. The van der Waals surface area contributed by atoms with Crippen molar-refractivity contribution in [2.45, 2.75) is 47.0 Å². The largest absolute Gasteiger partial charge is 0.368 e. The van der Waals surface area contributed by atoms with Gasteiger partial charge in [-0.1, -0.05) is 27.2 Å². The number of carbonyl (C=O) groups is 1. The van der Waals surface area contributed by atoms with E-state index >= 15 is 0 Å². The number of fused-ring (bicyclic) bond motifs is 2. The maximum Gasteiger partial charge on any atom is 0.221 e. The lowest BCUT2D eigenvalue weighted by Crippen LogP contribution is -2.32. The highest BCUT2D eigenvalue weighted by molar-refractivity contribution is 5.94. The molecular weight excluding hydrogens is 364 g/mol. The van der Waals surface area contributed by atoms with E-state index in [1.165, 1.54) is 6.42 Å². The van der Waals surface area contributed by atoms with Gasteiger partial charge in [0, 0.05) is 44.0 Å². The number of H-pyrrole nitrogens is 1. The van der Waals surface area contributed by atoms with Crippen LogP contribution in [0.5, 0.6) is 0 Å². The van der Waals surface area contributed by atoms with E-state index in [9.17, 15) is 4.79 Å². The molecule has 0 saturated heterocycles. The van der Waals surface area contributed by atoms with E-state index in [0.29, 0.717) is 5.78 Å². The summed E-state index contributed by atoms with van der Waals surface area (Å²) in [5.41, 5.74) is 9.60. The number of aromatic amines is 1. The Morgan fingerprint density at radius 3 is 2.69 bits per heavy atom. The van der Waals surface area contributed by atoms with Gasteiger partial charge >= 0.3 is 0 Å². The highest BCUT2D eigenvalue weighted by Gasteiger charge is 2.35. The van der Waals surface area contributed by atoms with Crippen molar-refractivity contribution in [2.75, 3.05) is 5.73 Å². The Balaban J connectivity index is 0.000000343. The molecule has 0 radical (unpaired) electrons. The Kier molecular flexibility index (Phi) is 5.96. The van der Waals surface area contributed by atoms with Crippen molar-refractivity contribution in [3.63, 3.8) is 0 Å². The van der Waals surface area contributed by atoms with Crippen LogP contribution in [0.15, 0.2) is 43.0 Å². The molecule has 1 aliphatic rings. The van der Waals surface area contributed by atoms with Crippen molar-refractivity contribution in [1.82, 2.24) is 24.6 Å².